The Morgan fingerprint density at radius 2 is 1.47 bits per heavy atom. The fraction of sp³-hybridized carbons (Fsp3) is 0.170. The van der Waals surface area contributed by atoms with Gasteiger partial charge in [0.25, 0.3) is 11.5 Å². The molecule has 2 amide bonds. The lowest BCUT2D eigenvalue weighted by Crippen LogP contribution is -2.42. The molecule has 0 radical (unpaired) electrons. The number of carbonyl (C=O) groups excluding carboxylic acids is 5. The van der Waals surface area contributed by atoms with Crippen LogP contribution in [0.3, 0.4) is 0 Å². The first-order chi connectivity index (χ1) is 66.4. The number of ketones is 3. The van der Waals surface area contributed by atoms with Gasteiger partial charge >= 0.3 is 5.63 Å². The van der Waals surface area contributed by atoms with Crippen LogP contribution in [0, 0.1) is 35.4 Å². The Morgan fingerprint density at radius 3 is 2.18 bits per heavy atom. The summed E-state index contributed by atoms with van der Waals surface area (Å²) in [5.41, 5.74) is 9.68. The van der Waals surface area contributed by atoms with Gasteiger partial charge in [-0.2, -0.15) is 5.26 Å². The van der Waals surface area contributed by atoms with Gasteiger partial charge in [-0.05, 0) is 179 Å². The number of benzene rings is 8. The average Bonchev–Trinajstić information content (AvgIpc) is 1.61. The van der Waals surface area contributed by atoms with E-state index in [1.54, 1.807) is 95.4 Å². The van der Waals surface area contributed by atoms with Gasteiger partial charge < -0.3 is 28.2 Å². The number of aliphatic hydroxyl groups excluding tert-OH is 1. The number of nitrogens with zero attached hydrogens (tertiary/aromatic N) is 11. The molecule has 690 valence electrons. The molecular weight excluding hydrogens is 1890 g/mol. The highest BCUT2D eigenvalue weighted by atomic mass is 79.9. The van der Waals surface area contributed by atoms with E-state index >= 15 is 0 Å². The van der Waals surface area contributed by atoms with Crippen LogP contribution in [0.5, 0.6) is 0 Å². The maximum Gasteiger partial charge on any atom is 0.341 e. The molecule has 0 spiro atoms. The van der Waals surface area contributed by atoms with Crippen LogP contribution >= 0.6 is 73.3 Å². The van der Waals surface area contributed by atoms with Crippen molar-refractivity contribution in [2.75, 3.05) is 23.8 Å². The van der Waals surface area contributed by atoms with Crippen molar-refractivity contribution in [3.63, 3.8) is 0 Å². The standard InChI is InChI=1S/C20H14O2.C16H20N4OS.C15H10ClFN2O.C15H14N2O3.C14H11N3O2.C14H12N2OS2.C12H9BrOS/c21-18(20-13-16-7-2-4-11-19(16)22-20)12-15-9-5-8-14-6-1-3-10-17(14)15;1-5-9-20-14(12-7-6-8-17-10-12)18-19-15(20)22-11-13(21)16(2,3)4;16-11-3-6-13-14(7-11)18-9-19(15(13)20)8-10-1-4-12(17)5-2-10;1-9-11(7-8-18)15(19)20-14-12(9)13(16-17-14)10-5-3-2-4-6-10;18-13(12-6-3-9-19-12)17-8-7-16-11-5-2-1-4-10(11)15-14(16)17;15-8-10-9(12-3-1-5-18-12)7-11(16-14(10)17)13-4-2-6-19-13;1-8(14)11-6-7-12(15-11)9-2-4-10(13)5-3-9/h1-11,13H,12H2;5-8,10H,1,9,11H2,2-4H3;1-7,9H,8H2;2-6,18H,7-8H2,1H3,(H,16,17);1-6,9H,7-8H2;1-6,9-11H,7H2,(H,16,17);2-7H,1H3. The third-order valence-electron chi connectivity index (χ3n) is 22.4. The van der Waals surface area contributed by atoms with Crippen LogP contribution in [0.2, 0.25) is 5.02 Å². The molecule has 3 atom stereocenters. The zero-order chi connectivity index (χ0) is 96.2. The number of thioether (sulfide) groups is 1. The molecule has 3 N–H and O–H groups in total. The molecule has 1 saturated heterocycles. The van der Waals surface area contributed by atoms with Gasteiger partial charge in [0.1, 0.15) is 23.1 Å². The number of Topliss-reactive ketones (excluding diaryl/α,β-unsaturated/α-hetero) is 3. The predicted molar refractivity (Wildman–Crippen MR) is 542 cm³/mol. The lowest BCUT2D eigenvalue weighted by molar-refractivity contribution is -0.126. The summed E-state index contributed by atoms with van der Waals surface area (Å²) in [6.07, 6.45) is 9.67. The molecule has 19 aromatic rings. The highest BCUT2D eigenvalue weighted by Gasteiger charge is 2.39. The molecule has 2 aliphatic heterocycles. The first-order valence-electron chi connectivity index (χ1n) is 43.5. The first-order valence-corrected chi connectivity index (χ1v) is 48.2. The van der Waals surface area contributed by atoms with E-state index in [0.717, 1.165) is 125 Å². The summed E-state index contributed by atoms with van der Waals surface area (Å²) in [7, 11) is 0. The summed E-state index contributed by atoms with van der Waals surface area (Å²) in [6.45, 7) is 15.2. The lowest BCUT2D eigenvalue weighted by Gasteiger charge is -2.32. The summed E-state index contributed by atoms with van der Waals surface area (Å²) in [5, 5.41) is 46.5. The van der Waals surface area contributed by atoms with Crippen LogP contribution in [0.4, 0.5) is 10.3 Å². The van der Waals surface area contributed by atoms with Crippen molar-refractivity contribution in [3.05, 3.63) is 388 Å². The van der Waals surface area contributed by atoms with Crippen molar-refractivity contribution in [1.82, 2.24) is 54.4 Å². The maximum absolute atomic E-state index is 12.9. The van der Waals surface area contributed by atoms with E-state index < -0.39 is 11.5 Å². The number of hydrogen-bond acceptors (Lipinski definition) is 22. The number of nitrogens with one attached hydrogen (secondary N) is 2. The number of allylic oxidation sites excluding steroid dienone is 1. The maximum atomic E-state index is 12.9. The molecule has 13 heterocycles. The molecular formula is C106H90BrClFN13O11S4. The van der Waals surface area contributed by atoms with Crippen molar-refractivity contribution in [1.29, 1.82) is 5.26 Å². The summed E-state index contributed by atoms with van der Waals surface area (Å²) in [5.74, 6) is 1.75. The number of hydrogen-bond donors (Lipinski definition) is 3. The predicted octanol–water partition coefficient (Wildman–Crippen LogP) is 23.5. The second-order valence-corrected chi connectivity index (χ2v) is 38.0. The molecule has 11 aromatic heterocycles. The quantitative estimate of drug-likeness (QED) is 0.0385. The number of imidazole rings is 1. The first kappa shape index (κ1) is 97.0. The highest BCUT2D eigenvalue weighted by molar-refractivity contribution is 9.10. The van der Waals surface area contributed by atoms with Gasteiger partial charge in [0.15, 0.2) is 28.3 Å². The van der Waals surface area contributed by atoms with Gasteiger partial charge in [-0.1, -0.05) is 206 Å². The molecule has 2 aliphatic rings. The van der Waals surface area contributed by atoms with Gasteiger partial charge in [0, 0.05) is 109 Å². The Labute approximate surface area is 816 Å². The topological polar surface area (TPSA) is 326 Å². The van der Waals surface area contributed by atoms with Crippen molar-refractivity contribution in [2.45, 2.75) is 90.6 Å². The number of aryl methyl sites for hydroxylation is 1. The van der Waals surface area contributed by atoms with Crippen LogP contribution in [-0.4, -0.2) is 102 Å². The third-order valence-corrected chi connectivity index (χ3v) is 27.4. The highest BCUT2D eigenvalue weighted by Crippen LogP contribution is 2.42. The summed E-state index contributed by atoms with van der Waals surface area (Å²) < 4.78 is 35.5. The number of aliphatic hydroxyl groups is 1. The molecule has 8 aromatic carbocycles. The van der Waals surface area contributed by atoms with Crippen LogP contribution in [0.15, 0.2) is 336 Å². The molecule has 3 unspecified atom stereocenters. The Balaban J connectivity index is 0.000000122. The number of anilines is 1. The van der Waals surface area contributed by atoms with Gasteiger partial charge in [-0.15, -0.1) is 55.9 Å². The number of piperidine rings is 1. The van der Waals surface area contributed by atoms with E-state index in [-0.39, 0.29) is 70.9 Å². The Bertz CT molecular complexity index is 7600. The summed E-state index contributed by atoms with van der Waals surface area (Å²) >= 11 is 15.5. The van der Waals surface area contributed by atoms with E-state index in [2.05, 4.69) is 92.0 Å². The molecule has 0 saturated carbocycles. The number of para-hydroxylation sites is 3. The summed E-state index contributed by atoms with van der Waals surface area (Å²) in [6, 6.07) is 81.7. The number of aromatic nitrogens is 10. The SMILES string of the molecule is C=CCn1c(SCC(=O)C(C)(C)C)nnc1-c1cccnc1.CC(=O)c1ccc(-c2ccc(Br)cc2)s1.Cc1c(CCO)c(=O)oc2n[nH]c(-c3ccccc3)c12.N#CC1C(=O)NC(c2cccs2)CC1c1cccs1.O=C(Cc1cccc2ccccc12)c1cc2ccccc2o1.O=C(c1ccco1)N1CCn2c1nc1ccccc12.O=c1c2ccc(Cl)cc2ncn1Cc1ccc(F)cc1. The fourth-order valence-corrected chi connectivity index (χ4v) is 19.4. The summed E-state index contributed by atoms with van der Waals surface area (Å²) in [4.78, 5) is 103. The van der Waals surface area contributed by atoms with Crippen LogP contribution in [-0.2, 0) is 42.1 Å². The van der Waals surface area contributed by atoms with E-state index in [1.807, 2.05) is 225 Å². The number of amides is 2. The second-order valence-electron chi connectivity index (χ2n) is 32.6. The minimum atomic E-state index is -0.574. The number of halogens is 3. The number of aromatic amines is 1. The number of pyridine rings is 1. The van der Waals surface area contributed by atoms with Crippen molar-refractivity contribution in [2.24, 2.45) is 11.3 Å². The Kier molecular flexibility index (Phi) is 32.0. The van der Waals surface area contributed by atoms with E-state index in [9.17, 15) is 43.2 Å². The van der Waals surface area contributed by atoms with E-state index in [4.69, 9.17) is 30.0 Å². The Hall–Kier alpha value is -14.6. The molecule has 0 bridgehead atoms. The van der Waals surface area contributed by atoms with E-state index in [1.165, 1.54) is 52.4 Å². The minimum Gasteiger partial charge on any atom is -0.459 e. The zero-order valence-corrected chi connectivity index (χ0v) is 80.4. The van der Waals surface area contributed by atoms with Gasteiger partial charge in [-0.3, -0.25) is 52.9 Å². The number of furan rings is 2. The molecule has 31 heteroatoms. The van der Waals surface area contributed by atoms with Crippen molar-refractivity contribution in [3.8, 4) is 39.2 Å². The molecule has 24 nitrogen and oxygen atoms in total. The number of H-pyrrole nitrogens is 1. The van der Waals surface area contributed by atoms with Gasteiger partial charge in [-0.25, -0.2) is 19.2 Å². The number of thiophene rings is 3. The van der Waals surface area contributed by atoms with Gasteiger partial charge in [0.05, 0.1) is 74.9 Å². The second kappa shape index (κ2) is 45.2. The molecule has 0 aliphatic carbocycles. The van der Waals surface area contributed by atoms with Crippen LogP contribution in [0.1, 0.15) is 109 Å². The van der Waals surface area contributed by atoms with Crippen molar-refractivity contribution >= 4 is 163 Å². The monoisotopic (exact) mass is 1980 g/mol. The third kappa shape index (κ3) is 23.7. The molecule has 21 rings (SSSR count). The average molecular weight is 1980 g/mol. The number of fused-ring (bicyclic) bond motifs is 7. The molecule has 137 heavy (non-hydrogen) atoms. The zero-order valence-electron chi connectivity index (χ0n) is 74.8. The minimum absolute atomic E-state index is 0.00542. The number of nitriles is 1. The van der Waals surface area contributed by atoms with Crippen LogP contribution < -0.4 is 21.4 Å². The van der Waals surface area contributed by atoms with Gasteiger partial charge in [0.2, 0.25) is 23.4 Å². The van der Waals surface area contributed by atoms with E-state index in [0.29, 0.717) is 76.5 Å². The normalized spacial score (nSPS) is 13.6. The molecule has 1 fully saturated rings. The largest absolute Gasteiger partial charge is 0.459 e. The Morgan fingerprint density at radius 1 is 0.745 bits per heavy atom. The van der Waals surface area contributed by atoms with Crippen LogP contribution in [0.25, 0.3) is 87.9 Å². The smallest absolute Gasteiger partial charge is 0.341 e. The number of rotatable bonds is 19. The fourth-order valence-electron chi connectivity index (χ4n) is 15.3. The lowest BCUT2D eigenvalue weighted by atomic mass is 9.82. The van der Waals surface area contributed by atoms with Crippen molar-refractivity contribution < 1.29 is 46.7 Å². The number of carbonyl (C=O) groups is 5.